The van der Waals surface area contributed by atoms with Gasteiger partial charge < -0.3 is 4.57 Å². The lowest BCUT2D eigenvalue weighted by molar-refractivity contribution is 0.959. The summed E-state index contributed by atoms with van der Waals surface area (Å²) >= 11 is 9.72. The van der Waals surface area contributed by atoms with Crippen LogP contribution in [0.4, 0.5) is 0 Å². The standard InChI is InChI=1S/C14H10BrClN2/c1-18-13-5-3-2-4-12(13)17-14(18)10-8-9(15)6-7-11(10)16/h2-8H,1H3. The lowest BCUT2D eigenvalue weighted by atomic mass is 10.2. The summed E-state index contributed by atoms with van der Waals surface area (Å²) < 4.78 is 3.05. The van der Waals surface area contributed by atoms with Crippen molar-refractivity contribution in [3.8, 4) is 11.4 Å². The zero-order chi connectivity index (χ0) is 12.7. The van der Waals surface area contributed by atoms with E-state index in [0.29, 0.717) is 5.02 Å². The van der Waals surface area contributed by atoms with Crippen LogP contribution in [0.15, 0.2) is 46.9 Å². The van der Waals surface area contributed by atoms with Crippen molar-refractivity contribution in [2.45, 2.75) is 0 Å². The molecule has 1 aromatic heterocycles. The number of aryl methyl sites for hydroxylation is 1. The number of para-hydroxylation sites is 2. The topological polar surface area (TPSA) is 17.8 Å². The first kappa shape index (κ1) is 11.8. The minimum absolute atomic E-state index is 0.705. The third-order valence-electron chi connectivity index (χ3n) is 2.96. The lowest BCUT2D eigenvalue weighted by Gasteiger charge is -2.05. The average molecular weight is 322 g/mol. The predicted molar refractivity (Wildman–Crippen MR) is 78.9 cm³/mol. The summed E-state index contributed by atoms with van der Waals surface area (Å²) in [5.41, 5.74) is 3.01. The molecule has 3 aromatic rings. The molecule has 18 heavy (non-hydrogen) atoms. The summed E-state index contributed by atoms with van der Waals surface area (Å²) in [6, 6.07) is 13.8. The third-order valence-corrected chi connectivity index (χ3v) is 3.78. The molecule has 4 heteroatoms. The molecule has 0 fully saturated rings. The Bertz CT molecular complexity index is 734. The Labute approximate surface area is 118 Å². The molecule has 2 nitrogen and oxygen atoms in total. The van der Waals surface area contributed by atoms with E-state index in [9.17, 15) is 0 Å². The summed E-state index contributed by atoms with van der Waals surface area (Å²) in [5.74, 6) is 0.877. The molecule has 2 aromatic carbocycles. The Balaban J connectivity index is 2.31. The first-order valence-electron chi connectivity index (χ1n) is 5.53. The third kappa shape index (κ3) is 1.84. The second-order valence-corrected chi connectivity index (χ2v) is 5.43. The Morgan fingerprint density at radius 3 is 2.72 bits per heavy atom. The maximum atomic E-state index is 6.26. The number of benzene rings is 2. The van der Waals surface area contributed by atoms with E-state index in [0.717, 1.165) is 26.9 Å². The number of rotatable bonds is 1. The zero-order valence-electron chi connectivity index (χ0n) is 9.69. The van der Waals surface area contributed by atoms with Crippen LogP contribution in [-0.4, -0.2) is 9.55 Å². The number of aromatic nitrogens is 2. The van der Waals surface area contributed by atoms with Gasteiger partial charge in [-0.25, -0.2) is 4.98 Å². The van der Waals surface area contributed by atoms with Crippen LogP contribution < -0.4 is 0 Å². The number of hydrogen-bond acceptors (Lipinski definition) is 1. The molecule has 0 aliphatic carbocycles. The average Bonchev–Trinajstić information content (AvgIpc) is 2.71. The minimum Gasteiger partial charge on any atom is -0.327 e. The molecule has 1 heterocycles. The van der Waals surface area contributed by atoms with E-state index in [1.807, 2.05) is 43.4 Å². The van der Waals surface area contributed by atoms with Gasteiger partial charge in [-0.05, 0) is 30.3 Å². The van der Waals surface area contributed by atoms with Crippen molar-refractivity contribution >= 4 is 38.6 Å². The van der Waals surface area contributed by atoms with E-state index >= 15 is 0 Å². The number of hydrogen-bond donors (Lipinski definition) is 0. The normalized spacial score (nSPS) is 11.1. The van der Waals surface area contributed by atoms with E-state index < -0.39 is 0 Å². The zero-order valence-corrected chi connectivity index (χ0v) is 12.0. The Kier molecular flexibility index (Phi) is 2.88. The van der Waals surface area contributed by atoms with Crippen LogP contribution in [0.5, 0.6) is 0 Å². The first-order chi connectivity index (χ1) is 8.66. The maximum Gasteiger partial charge on any atom is 0.142 e. The van der Waals surface area contributed by atoms with Crippen molar-refractivity contribution < 1.29 is 0 Å². The van der Waals surface area contributed by atoms with Crippen LogP contribution in [0.1, 0.15) is 0 Å². The van der Waals surface area contributed by atoms with Crippen LogP contribution in [0.2, 0.25) is 5.02 Å². The molecule has 0 aliphatic heterocycles. The van der Waals surface area contributed by atoms with Crippen molar-refractivity contribution in [1.82, 2.24) is 9.55 Å². The van der Waals surface area contributed by atoms with E-state index in [1.165, 1.54) is 0 Å². The molecular formula is C14H10BrClN2. The van der Waals surface area contributed by atoms with Crippen molar-refractivity contribution in [2.24, 2.45) is 7.05 Å². The molecule has 0 bridgehead atoms. The largest absolute Gasteiger partial charge is 0.327 e. The Morgan fingerprint density at radius 1 is 1.17 bits per heavy atom. The molecular weight excluding hydrogens is 312 g/mol. The summed E-state index contributed by atoms with van der Waals surface area (Å²) in [4.78, 5) is 4.64. The minimum atomic E-state index is 0.705. The van der Waals surface area contributed by atoms with Gasteiger partial charge in [0, 0.05) is 17.1 Å². The molecule has 3 rings (SSSR count). The summed E-state index contributed by atoms with van der Waals surface area (Å²) in [6.07, 6.45) is 0. The highest BCUT2D eigenvalue weighted by Crippen LogP contribution is 2.31. The lowest BCUT2D eigenvalue weighted by Crippen LogP contribution is -1.93. The van der Waals surface area contributed by atoms with E-state index in [2.05, 4.69) is 31.5 Å². The van der Waals surface area contributed by atoms with E-state index in [-0.39, 0.29) is 0 Å². The molecule has 0 atom stereocenters. The fourth-order valence-electron chi connectivity index (χ4n) is 2.06. The van der Waals surface area contributed by atoms with Gasteiger partial charge in [0.2, 0.25) is 0 Å². The van der Waals surface area contributed by atoms with Gasteiger partial charge >= 0.3 is 0 Å². The number of nitrogens with zero attached hydrogens (tertiary/aromatic N) is 2. The monoisotopic (exact) mass is 320 g/mol. The van der Waals surface area contributed by atoms with Gasteiger partial charge in [-0.2, -0.15) is 0 Å². The molecule has 90 valence electrons. The quantitative estimate of drug-likeness (QED) is 0.637. The summed E-state index contributed by atoms with van der Waals surface area (Å²) in [7, 11) is 2.00. The molecule has 0 amide bonds. The molecule has 0 saturated carbocycles. The van der Waals surface area contributed by atoms with Crippen LogP contribution >= 0.6 is 27.5 Å². The first-order valence-corrected chi connectivity index (χ1v) is 6.71. The molecule has 0 saturated heterocycles. The van der Waals surface area contributed by atoms with Crippen LogP contribution in [-0.2, 0) is 7.05 Å². The van der Waals surface area contributed by atoms with E-state index in [4.69, 9.17) is 11.6 Å². The van der Waals surface area contributed by atoms with Gasteiger partial charge in [0.15, 0.2) is 0 Å². The van der Waals surface area contributed by atoms with Gasteiger partial charge in [-0.3, -0.25) is 0 Å². The highest BCUT2D eigenvalue weighted by atomic mass is 79.9. The van der Waals surface area contributed by atoms with Crippen molar-refractivity contribution in [1.29, 1.82) is 0 Å². The molecule has 0 aliphatic rings. The fraction of sp³-hybridized carbons (Fsp3) is 0.0714. The fourth-order valence-corrected chi connectivity index (χ4v) is 2.62. The second-order valence-electron chi connectivity index (χ2n) is 4.11. The van der Waals surface area contributed by atoms with Crippen LogP contribution in [0.25, 0.3) is 22.4 Å². The second kappa shape index (κ2) is 4.41. The van der Waals surface area contributed by atoms with Gasteiger partial charge in [-0.1, -0.05) is 39.7 Å². The van der Waals surface area contributed by atoms with Crippen molar-refractivity contribution in [2.75, 3.05) is 0 Å². The Morgan fingerprint density at radius 2 is 1.94 bits per heavy atom. The van der Waals surface area contributed by atoms with Crippen molar-refractivity contribution in [3.05, 3.63) is 52.0 Å². The van der Waals surface area contributed by atoms with Gasteiger partial charge in [-0.15, -0.1) is 0 Å². The molecule has 0 unspecified atom stereocenters. The summed E-state index contributed by atoms with van der Waals surface area (Å²) in [5, 5.41) is 0.705. The van der Waals surface area contributed by atoms with E-state index in [1.54, 1.807) is 0 Å². The van der Waals surface area contributed by atoms with Crippen LogP contribution in [0.3, 0.4) is 0 Å². The number of imidazole rings is 1. The van der Waals surface area contributed by atoms with Crippen molar-refractivity contribution in [3.63, 3.8) is 0 Å². The molecule has 0 N–H and O–H groups in total. The highest BCUT2D eigenvalue weighted by molar-refractivity contribution is 9.10. The summed E-state index contributed by atoms with van der Waals surface area (Å²) in [6.45, 7) is 0. The maximum absolute atomic E-state index is 6.26. The number of fused-ring (bicyclic) bond motifs is 1. The predicted octanol–water partition coefficient (Wildman–Crippen LogP) is 4.66. The van der Waals surface area contributed by atoms with Gasteiger partial charge in [0.1, 0.15) is 5.82 Å². The van der Waals surface area contributed by atoms with Crippen LogP contribution in [0, 0.1) is 0 Å². The molecule has 0 spiro atoms. The molecule has 0 radical (unpaired) electrons. The Hall–Kier alpha value is -1.32. The smallest absolute Gasteiger partial charge is 0.142 e. The van der Waals surface area contributed by atoms with Gasteiger partial charge in [0.05, 0.1) is 16.1 Å². The van der Waals surface area contributed by atoms with Gasteiger partial charge in [0.25, 0.3) is 0 Å². The highest BCUT2D eigenvalue weighted by Gasteiger charge is 2.12. The SMILES string of the molecule is Cn1c(-c2cc(Br)ccc2Cl)nc2ccccc21. The number of halogens is 2.